The Labute approximate surface area is 116 Å². The molecule has 0 radical (unpaired) electrons. The number of aromatic nitrogens is 1. The van der Waals surface area contributed by atoms with Gasteiger partial charge in [-0.3, -0.25) is 0 Å². The Bertz CT molecular complexity index is 357. The summed E-state index contributed by atoms with van der Waals surface area (Å²) in [4.78, 5) is 4.30. The van der Waals surface area contributed by atoms with E-state index in [0.717, 1.165) is 6.54 Å². The molecule has 0 aliphatic carbocycles. The number of nitrogens with zero attached hydrogens (tertiary/aromatic N) is 1. The first-order valence-corrected chi connectivity index (χ1v) is 6.88. The molecule has 1 aromatic heterocycles. The first kappa shape index (κ1) is 15.9. The lowest BCUT2D eigenvalue weighted by Gasteiger charge is -2.19. The summed E-state index contributed by atoms with van der Waals surface area (Å²) in [6.07, 6.45) is 1.85. The standard InChI is InChI=1S/C15H26N2O2/c1-6-16-12(2)13-7-8-14(17-11-13)18-9-10-19-15(3,4)5/h7-8,11-12,16H,6,9-10H2,1-5H3. The molecule has 0 spiro atoms. The van der Waals surface area contributed by atoms with Crippen molar-refractivity contribution in [1.82, 2.24) is 10.3 Å². The van der Waals surface area contributed by atoms with Crippen LogP contribution in [0.5, 0.6) is 5.88 Å². The van der Waals surface area contributed by atoms with Crippen molar-refractivity contribution < 1.29 is 9.47 Å². The summed E-state index contributed by atoms with van der Waals surface area (Å²) in [5.41, 5.74) is 1.04. The first-order chi connectivity index (χ1) is 8.92. The average Bonchev–Trinajstić information content (AvgIpc) is 2.34. The van der Waals surface area contributed by atoms with E-state index in [2.05, 4.69) is 24.1 Å². The minimum Gasteiger partial charge on any atom is -0.475 e. The van der Waals surface area contributed by atoms with E-state index >= 15 is 0 Å². The monoisotopic (exact) mass is 266 g/mol. The largest absolute Gasteiger partial charge is 0.475 e. The maximum Gasteiger partial charge on any atom is 0.213 e. The Balaban J connectivity index is 2.36. The van der Waals surface area contributed by atoms with Gasteiger partial charge in [0.05, 0.1) is 12.2 Å². The maximum absolute atomic E-state index is 5.58. The van der Waals surface area contributed by atoms with E-state index in [1.54, 1.807) is 0 Å². The van der Waals surface area contributed by atoms with Gasteiger partial charge in [0.15, 0.2) is 0 Å². The molecular weight excluding hydrogens is 240 g/mol. The minimum atomic E-state index is -0.123. The molecule has 4 heteroatoms. The van der Waals surface area contributed by atoms with Gasteiger partial charge in [-0.25, -0.2) is 4.98 Å². The van der Waals surface area contributed by atoms with Crippen LogP contribution in [0.25, 0.3) is 0 Å². The molecule has 1 N–H and O–H groups in total. The molecule has 0 amide bonds. The molecule has 0 fully saturated rings. The molecule has 0 aromatic carbocycles. The number of rotatable bonds is 7. The summed E-state index contributed by atoms with van der Waals surface area (Å²) in [7, 11) is 0. The lowest BCUT2D eigenvalue weighted by molar-refractivity contribution is -0.0168. The summed E-state index contributed by atoms with van der Waals surface area (Å²) >= 11 is 0. The summed E-state index contributed by atoms with van der Waals surface area (Å²) in [5.74, 6) is 0.643. The third-order valence-corrected chi connectivity index (χ3v) is 2.64. The van der Waals surface area contributed by atoms with Gasteiger partial charge >= 0.3 is 0 Å². The van der Waals surface area contributed by atoms with Gasteiger partial charge < -0.3 is 14.8 Å². The van der Waals surface area contributed by atoms with Gasteiger partial charge in [0.2, 0.25) is 5.88 Å². The van der Waals surface area contributed by atoms with Crippen LogP contribution in [0.2, 0.25) is 0 Å². The van der Waals surface area contributed by atoms with Crippen molar-refractivity contribution in [1.29, 1.82) is 0 Å². The second kappa shape index (κ2) is 7.46. The average molecular weight is 266 g/mol. The van der Waals surface area contributed by atoms with Gasteiger partial charge in [0, 0.05) is 18.3 Å². The van der Waals surface area contributed by atoms with Gasteiger partial charge in [-0.05, 0) is 39.8 Å². The zero-order valence-corrected chi connectivity index (χ0v) is 12.7. The van der Waals surface area contributed by atoms with Crippen LogP contribution in [0.3, 0.4) is 0 Å². The Morgan fingerprint density at radius 3 is 2.53 bits per heavy atom. The molecule has 0 saturated carbocycles. The highest BCUT2D eigenvalue weighted by molar-refractivity contribution is 5.20. The van der Waals surface area contributed by atoms with Crippen molar-refractivity contribution in [3.63, 3.8) is 0 Å². The molecule has 1 rings (SSSR count). The van der Waals surface area contributed by atoms with Crippen molar-refractivity contribution in [3.05, 3.63) is 23.9 Å². The normalized spacial score (nSPS) is 13.3. The van der Waals surface area contributed by atoms with Crippen LogP contribution in [-0.4, -0.2) is 30.3 Å². The molecule has 1 unspecified atom stereocenters. The van der Waals surface area contributed by atoms with Crippen LogP contribution >= 0.6 is 0 Å². The third kappa shape index (κ3) is 6.55. The number of ether oxygens (including phenoxy) is 2. The molecule has 1 aromatic rings. The molecule has 0 aliphatic heterocycles. The van der Waals surface area contributed by atoms with Crippen LogP contribution in [0.1, 0.15) is 46.2 Å². The number of hydrogen-bond donors (Lipinski definition) is 1. The van der Waals surface area contributed by atoms with Gasteiger partial charge in [0.1, 0.15) is 6.61 Å². The zero-order valence-electron chi connectivity index (χ0n) is 12.7. The molecule has 108 valence electrons. The molecule has 0 saturated heterocycles. The summed E-state index contributed by atoms with van der Waals surface area (Å²) in [6, 6.07) is 4.26. The second-order valence-electron chi connectivity index (χ2n) is 5.52. The fraction of sp³-hybridized carbons (Fsp3) is 0.667. The van der Waals surface area contributed by atoms with Crippen LogP contribution in [0.4, 0.5) is 0 Å². The number of pyridine rings is 1. The van der Waals surface area contributed by atoms with Gasteiger partial charge in [-0.2, -0.15) is 0 Å². The summed E-state index contributed by atoms with van der Waals surface area (Å²) < 4.78 is 11.1. The van der Waals surface area contributed by atoms with E-state index in [9.17, 15) is 0 Å². The van der Waals surface area contributed by atoms with E-state index in [1.807, 2.05) is 39.1 Å². The van der Waals surface area contributed by atoms with Gasteiger partial charge in [-0.15, -0.1) is 0 Å². The fourth-order valence-corrected chi connectivity index (χ4v) is 1.65. The predicted octanol–water partition coefficient (Wildman–Crippen LogP) is 2.95. The lowest BCUT2D eigenvalue weighted by Crippen LogP contribution is -2.22. The van der Waals surface area contributed by atoms with Crippen LogP contribution < -0.4 is 10.1 Å². The van der Waals surface area contributed by atoms with E-state index in [4.69, 9.17) is 9.47 Å². The van der Waals surface area contributed by atoms with Crippen LogP contribution in [-0.2, 0) is 4.74 Å². The SMILES string of the molecule is CCNC(C)c1ccc(OCCOC(C)(C)C)nc1. The Morgan fingerprint density at radius 1 is 1.26 bits per heavy atom. The minimum absolute atomic E-state index is 0.123. The highest BCUT2D eigenvalue weighted by atomic mass is 16.5. The van der Waals surface area contributed by atoms with Crippen molar-refractivity contribution in [2.45, 2.75) is 46.3 Å². The lowest BCUT2D eigenvalue weighted by atomic mass is 10.1. The van der Waals surface area contributed by atoms with Crippen LogP contribution in [0, 0.1) is 0 Å². The Hall–Kier alpha value is -1.13. The maximum atomic E-state index is 5.58. The third-order valence-electron chi connectivity index (χ3n) is 2.64. The predicted molar refractivity (Wildman–Crippen MR) is 77.5 cm³/mol. The van der Waals surface area contributed by atoms with Gasteiger partial charge in [0.25, 0.3) is 0 Å². The molecule has 1 heterocycles. The number of hydrogen-bond acceptors (Lipinski definition) is 4. The van der Waals surface area contributed by atoms with Crippen LogP contribution in [0.15, 0.2) is 18.3 Å². The van der Waals surface area contributed by atoms with E-state index in [-0.39, 0.29) is 5.60 Å². The quantitative estimate of drug-likeness (QED) is 0.771. The smallest absolute Gasteiger partial charge is 0.213 e. The molecule has 0 bridgehead atoms. The summed E-state index contributed by atoms with van der Waals surface area (Å²) in [5, 5.41) is 3.35. The number of nitrogens with one attached hydrogen (secondary N) is 1. The fourth-order valence-electron chi connectivity index (χ4n) is 1.65. The zero-order chi connectivity index (χ0) is 14.3. The van der Waals surface area contributed by atoms with Crippen molar-refractivity contribution in [2.75, 3.05) is 19.8 Å². The van der Waals surface area contributed by atoms with Crippen molar-refractivity contribution in [3.8, 4) is 5.88 Å². The van der Waals surface area contributed by atoms with Gasteiger partial charge in [-0.1, -0.05) is 13.0 Å². The molecule has 0 aliphatic rings. The highest BCUT2D eigenvalue weighted by Gasteiger charge is 2.09. The molecule has 19 heavy (non-hydrogen) atoms. The Kier molecular flexibility index (Phi) is 6.25. The highest BCUT2D eigenvalue weighted by Crippen LogP contribution is 2.14. The first-order valence-electron chi connectivity index (χ1n) is 6.88. The van der Waals surface area contributed by atoms with Crippen molar-refractivity contribution in [2.24, 2.45) is 0 Å². The summed E-state index contributed by atoms with van der Waals surface area (Å²) in [6.45, 7) is 12.3. The van der Waals surface area contributed by atoms with E-state index in [1.165, 1.54) is 5.56 Å². The van der Waals surface area contributed by atoms with Crippen molar-refractivity contribution >= 4 is 0 Å². The second-order valence-corrected chi connectivity index (χ2v) is 5.52. The molecule has 1 atom stereocenters. The van der Waals surface area contributed by atoms with E-state index in [0.29, 0.717) is 25.1 Å². The molecular formula is C15H26N2O2. The van der Waals surface area contributed by atoms with E-state index < -0.39 is 0 Å². The topological polar surface area (TPSA) is 43.4 Å². The Morgan fingerprint density at radius 2 is 2.00 bits per heavy atom. The molecule has 4 nitrogen and oxygen atoms in total.